The molecule has 2 saturated heterocycles. The molecule has 0 bridgehead atoms. The van der Waals surface area contributed by atoms with Crippen molar-refractivity contribution in [1.82, 2.24) is 59.2 Å². The van der Waals surface area contributed by atoms with Crippen molar-refractivity contribution in [2.75, 3.05) is 17.2 Å². The Morgan fingerprint density at radius 1 is 0.833 bits per heavy atom. The third kappa shape index (κ3) is 7.21. The highest BCUT2D eigenvalue weighted by Gasteiger charge is 2.53. The first-order chi connectivity index (χ1) is 26.1. The van der Waals surface area contributed by atoms with Gasteiger partial charge in [-0.05, 0) is 80.3 Å². The van der Waals surface area contributed by atoms with Crippen LogP contribution in [-0.2, 0) is 35.1 Å². The number of aryl methyl sites for hydroxylation is 1. The van der Waals surface area contributed by atoms with Crippen molar-refractivity contribution in [2.24, 2.45) is 0 Å². The Kier molecular flexibility index (Phi) is 10.2. The van der Waals surface area contributed by atoms with Gasteiger partial charge in [0.2, 0.25) is 16.4 Å². The molecule has 2 N–H and O–H groups in total. The van der Waals surface area contributed by atoms with Gasteiger partial charge in [-0.3, -0.25) is 18.7 Å². The molecule has 20 nitrogen and oxygen atoms in total. The predicted molar refractivity (Wildman–Crippen MR) is 190 cm³/mol. The molecule has 0 amide bonds. The van der Waals surface area contributed by atoms with Crippen molar-refractivity contribution in [3.63, 3.8) is 0 Å². The lowest BCUT2D eigenvalue weighted by Gasteiger charge is -2.30. The lowest BCUT2D eigenvalue weighted by atomic mass is 9.91. The second kappa shape index (κ2) is 15.2. The van der Waals surface area contributed by atoms with Gasteiger partial charge in [-0.25, -0.2) is 9.97 Å². The molecular formula is C32H38Cl2N14O6. The number of esters is 2. The molecular weight excluding hydrogens is 747 g/mol. The predicted octanol–water partition coefficient (Wildman–Crippen LogP) is 3.95. The fourth-order valence-electron chi connectivity index (χ4n) is 7.30. The number of ether oxygens (including phenoxy) is 4. The van der Waals surface area contributed by atoms with Crippen molar-refractivity contribution in [2.45, 2.75) is 115 Å². The smallest absolute Gasteiger partial charge is 0.303 e. The van der Waals surface area contributed by atoms with Crippen LogP contribution < -0.4 is 10.6 Å². The standard InChI is InChI=1S/C32H38Cl2N14O6/c1-4-48-44-27(43-45-48)23-22(52-15(2)49)24(53-16(3)50)30(54-23)47-14-36-21-26(40-32(34)42-29(21)47)38-18-10-8-17(9-11-18)37-25-20-28(41-31(33)39-25)46(13-35-20)19-7-5-6-12-51-19/h13-14,17-19,22-24,30H,4-12H2,1-3H3,(H,37,39,41)(H,38,40,42)/t17?,18?,19?,22?,23-,24+,30+/m0/s1. The van der Waals surface area contributed by atoms with E-state index in [1.165, 1.54) is 25.0 Å². The fourth-order valence-corrected chi connectivity index (χ4v) is 7.63. The van der Waals surface area contributed by atoms with Gasteiger partial charge in [0.15, 0.2) is 58.5 Å². The topological polar surface area (TPSA) is 226 Å². The van der Waals surface area contributed by atoms with Gasteiger partial charge in [0.25, 0.3) is 0 Å². The number of halogens is 2. The normalized spacial score (nSPS) is 25.9. The van der Waals surface area contributed by atoms with Crippen molar-refractivity contribution in [3.05, 3.63) is 29.0 Å². The Morgan fingerprint density at radius 2 is 1.43 bits per heavy atom. The summed E-state index contributed by atoms with van der Waals surface area (Å²) in [6, 6.07) is 0.159. The first-order valence-corrected chi connectivity index (χ1v) is 18.6. The molecule has 0 spiro atoms. The van der Waals surface area contributed by atoms with E-state index < -0.39 is 36.5 Å². The minimum Gasteiger partial charge on any atom is -0.455 e. The number of aromatic nitrogens is 12. The molecule has 1 aliphatic carbocycles. The van der Waals surface area contributed by atoms with E-state index in [4.69, 9.17) is 42.1 Å². The van der Waals surface area contributed by atoms with Crippen LogP contribution in [0.3, 0.4) is 0 Å². The molecule has 22 heteroatoms. The summed E-state index contributed by atoms with van der Waals surface area (Å²) < 4.78 is 27.2. The number of fused-ring (bicyclic) bond motifs is 2. The van der Waals surface area contributed by atoms with Crippen LogP contribution in [0.2, 0.25) is 10.6 Å². The molecule has 54 heavy (non-hydrogen) atoms. The highest BCUT2D eigenvalue weighted by molar-refractivity contribution is 6.29. The molecule has 5 atom stereocenters. The molecule has 0 aromatic carbocycles. The van der Waals surface area contributed by atoms with Gasteiger partial charge in [0.1, 0.15) is 6.23 Å². The Hall–Kier alpha value is -4.79. The zero-order valence-electron chi connectivity index (χ0n) is 29.6. The van der Waals surface area contributed by atoms with Crippen molar-refractivity contribution in [3.8, 4) is 0 Å². The summed E-state index contributed by atoms with van der Waals surface area (Å²) >= 11 is 12.9. The van der Waals surface area contributed by atoms with E-state index in [9.17, 15) is 9.59 Å². The number of imidazole rings is 2. The summed E-state index contributed by atoms with van der Waals surface area (Å²) in [5.74, 6) is -0.0417. The highest BCUT2D eigenvalue weighted by Crippen LogP contribution is 2.43. The molecule has 2 unspecified atom stereocenters. The van der Waals surface area contributed by atoms with Crippen LogP contribution in [0, 0.1) is 0 Å². The molecule has 3 fully saturated rings. The molecule has 8 rings (SSSR count). The third-order valence-electron chi connectivity index (χ3n) is 9.74. The summed E-state index contributed by atoms with van der Waals surface area (Å²) in [6.07, 6.45) is 5.06. The SMILES string of the molecule is CCn1nnc([C@H]2O[C@@H](n3cnc4c(NC5CCC(Nc6nc(Cl)nc7c6ncn7C6CCCCO6)CC5)nc(Cl)nc43)[C@H](OC(C)=O)C2OC(C)=O)n1. The average molecular weight is 786 g/mol. The van der Waals surface area contributed by atoms with Crippen molar-refractivity contribution < 1.29 is 28.5 Å². The van der Waals surface area contributed by atoms with Crippen LogP contribution in [0.5, 0.6) is 0 Å². The molecule has 3 aliphatic rings. The Bertz CT molecular complexity index is 2160. The zero-order valence-corrected chi connectivity index (χ0v) is 31.1. The van der Waals surface area contributed by atoms with Crippen molar-refractivity contribution in [1.29, 1.82) is 0 Å². The lowest BCUT2D eigenvalue weighted by Crippen LogP contribution is -2.37. The minimum atomic E-state index is -1.12. The molecule has 2 aliphatic heterocycles. The van der Waals surface area contributed by atoms with Crippen LogP contribution in [0.4, 0.5) is 11.6 Å². The number of hydrogen-bond acceptors (Lipinski definition) is 17. The quantitative estimate of drug-likeness (QED) is 0.151. The Balaban J connectivity index is 0.995. The Morgan fingerprint density at radius 3 is 1.98 bits per heavy atom. The van der Waals surface area contributed by atoms with Gasteiger partial charge in [-0.1, -0.05) is 0 Å². The molecule has 1 saturated carbocycles. The van der Waals surface area contributed by atoms with Crippen LogP contribution in [0.25, 0.3) is 22.3 Å². The number of carbonyl (C=O) groups excluding carboxylic acids is 2. The molecule has 5 aromatic heterocycles. The van der Waals surface area contributed by atoms with Gasteiger partial charge in [-0.2, -0.15) is 24.7 Å². The number of nitrogens with one attached hydrogen (secondary N) is 2. The van der Waals surface area contributed by atoms with Crippen LogP contribution in [-0.4, -0.2) is 102 Å². The van der Waals surface area contributed by atoms with E-state index >= 15 is 0 Å². The van der Waals surface area contributed by atoms with Crippen LogP contribution in [0.15, 0.2) is 12.7 Å². The monoisotopic (exact) mass is 784 g/mol. The van der Waals surface area contributed by atoms with Gasteiger partial charge in [0, 0.05) is 32.5 Å². The zero-order chi connectivity index (χ0) is 37.5. The first kappa shape index (κ1) is 36.2. The maximum Gasteiger partial charge on any atom is 0.303 e. The first-order valence-electron chi connectivity index (χ1n) is 17.9. The second-order valence-electron chi connectivity index (χ2n) is 13.4. The molecule has 0 radical (unpaired) electrons. The van der Waals surface area contributed by atoms with Crippen molar-refractivity contribution >= 4 is 69.1 Å². The average Bonchev–Trinajstić information content (AvgIpc) is 3.95. The van der Waals surface area contributed by atoms with Gasteiger partial charge < -0.3 is 29.6 Å². The summed E-state index contributed by atoms with van der Waals surface area (Å²) in [7, 11) is 0. The van der Waals surface area contributed by atoms with Gasteiger partial charge in [-0.15, -0.1) is 10.2 Å². The van der Waals surface area contributed by atoms with E-state index in [1.807, 2.05) is 11.5 Å². The number of hydrogen-bond donors (Lipinski definition) is 2. The van der Waals surface area contributed by atoms with Gasteiger partial charge >= 0.3 is 11.9 Å². The summed E-state index contributed by atoms with van der Waals surface area (Å²) in [4.78, 5) is 53.0. The molecule has 286 valence electrons. The minimum absolute atomic E-state index is 0.0347. The number of tetrazole rings is 1. The lowest BCUT2D eigenvalue weighted by molar-refractivity contribution is -0.165. The summed E-state index contributed by atoms with van der Waals surface area (Å²) in [5.41, 5.74) is 2.02. The molecule has 7 heterocycles. The maximum atomic E-state index is 12.3. The number of rotatable bonds is 10. The van der Waals surface area contributed by atoms with Gasteiger partial charge in [0.05, 0.1) is 19.2 Å². The molecule has 5 aromatic rings. The highest BCUT2D eigenvalue weighted by atomic mass is 35.5. The Labute approximate surface area is 317 Å². The summed E-state index contributed by atoms with van der Waals surface area (Å²) in [5, 5.41) is 19.6. The van der Waals surface area contributed by atoms with Crippen LogP contribution >= 0.6 is 23.2 Å². The van der Waals surface area contributed by atoms with E-state index in [2.05, 4.69) is 55.9 Å². The van der Waals surface area contributed by atoms with E-state index in [-0.39, 0.29) is 34.7 Å². The number of anilines is 2. The maximum absolute atomic E-state index is 12.3. The van der Waals surface area contributed by atoms with E-state index in [1.54, 1.807) is 10.9 Å². The number of nitrogens with zero attached hydrogens (tertiary/aromatic N) is 12. The largest absolute Gasteiger partial charge is 0.455 e. The second-order valence-corrected chi connectivity index (χ2v) is 14.1. The fraction of sp³-hybridized carbons (Fsp3) is 0.594. The van der Waals surface area contributed by atoms with E-state index in [0.717, 1.165) is 44.9 Å². The third-order valence-corrected chi connectivity index (χ3v) is 10.1. The van der Waals surface area contributed by atoms with E-state index in [0.29, 0.717) is 47.1 Å². The summed E-state index contributed by atoms with van der Waals surface area (Å²) in [6.45, 7) is 5.50. The van der Waals surface area contributed by atoms with Crippen LogP contribution in [0.1, 0.15) is 90.1 Å². The number of carbonyl (C=O) groups is 2.